The van der Waals surface area contributed by atoms with E-state index in [0.717, 1.165) is 31.2 Å². The lowest BCUT2D eigenvalue weighted by atomic mass is 9.95. The van der Waals surface area contributed by atoms with Crippen molar-refractivity contribution in [3.8, 4) is 11.3 Å². The Morgan fingerprint density at radius 1 is 1.27 bits per heavy atom. The van der Waals surface area contributed by atoms with Crippen molar-refractivity contribution in [2.24, 2.45) is 4.99 Å². The molecule has 154 valence electrons. The monoisotopic (exact) mass is 424 g/mol. The summed E-state index contributed by atoms with van der Waals surface area (Å²) in [5.41, 5.74) is 1.99. The lowest BCUT2D eigenvalue weighted by Crippen LogP contribution is -2.09. The highest BCUT2D eigenvalue weighted by molar-refractivity contribution is 7.16. The minimum absolute atomic E-state index is 0.0223. The van der Waals surface area contributed by atoms with E-state index in [1.54, 1.807) is 37.3 Å². The predicted molar refractivity (Wildman–Crippen MR) is 115 cm³/mol. The van der Waals surface area contributed by atoms with Crippen molar-refractivity contribution in [2.75, 3.05) is 6.61 Å². The van der Waals surface area contributed by atoms with Crippen molar-refractivity contribution in [1.82, 2.24) is 0 Å². The molecular weight excluding hydrogens is 404 g/mol. The van der Waals surface area contributed by atoms with E-state index in [0.29, 0.717) is 34.3 Å². The van der Waals surface area contributed by atoms with Crippen molar-refractivity contribution in [2.45, 2.75) is 32.6 Å². The summed E-state index contributed by atoms with van der Waals surface area (Å²) in [5, 5.41) is 11.9. The molecular formula is C22H20N2O5S. The molecule has 0 unspecified atom stereocenters. The Bertz CT molecular complexity index is 1130. The zero-order valence-corrected chi connectivity index (χ0v) is 17.2. The molecule has 7 nitrogen and oxygen atoms in total. The Morgan fingerprint density at radius 2 is 2.07 bits per heavy atom. The lowest BCUT2D eigenvalue weighted by molar-refractivity contribution is -0.384. The highest BCUT2D eigenvalue weighted by Crippen LogP contribution is 2.40. The van der Waals surface area contributed by atoms with Crippen LogP contribution in [0.4, 0.5) is 10.7 Å². The van der Waals surface area contributed by atoms with Gasteiger partial charge >= 0.3 is 5.97 Å². The van der Waals surface area contributed by atoms with Crippen molar-refractivity contribution < 1.29 is 18.9 Å². The molecule has 2 heterocycles. The lowest BCUT2D eigenvalue weighted by Gasteiger charge is -2.11. The fourth-order valence-electron chi connectivity index (χ4n) is 3.59. The van der Waals surface area contributed by atoms with Crippen LogP contribution in [0.2, 0.25) is 0 Å². The molecule has 0 radical (unpaired) electrons. The van der Waals surface area contributed by atoms with Crippen molar-refractivity contribution in [3.05, 3.63) is 68.3 Å². The Morgan fingerprint density at radius 3 is 2.87 bits per heavy atom. The van der Waals surface area contributed by atoms with Gasteiger partial charge in [-0.2, -0.15) is 0 Å². The molecule has 0 saturated carbocycles. The Hall–Kier alpha value is -3.26. The number of esters is 1. The number of aryl methyl sites for hydroxylation is 1. The first-order valence-corrected chi connectivity index (χ1v) is 10.6. The second kappa shape index (κ2) is 8.62. The smallest absolute Gasteiger partial charge is 0.341 e. The van der Waals surface area contributed by atoms with E-state index in [4.69, 9.17) is 9.15 Å². The molecule has 1 aromatic carbocycles. The predicted octanol–water partition coefficient (Wildman–Crippen LogP) is 5.72. The molecule has 2 aromatic heterocycles. The van der Waals surface area contributed by atoms with Gasteiger partial charge in [0.15, 0.2) is 0 Å². The van der Waals surface area contributed by atoms with Crippen LogP contribution in [0.25, 0.3) is 11.3 Å². The minimum atomic E-state index is -0.437. The van der Waals surface area contributed by atoms with Crippen LogP contribution in [-0.2, 0) is 17.6 Å². The first kappa shape index (κ1) is 20.0. The number of nitro groups is 1. The number of hydrogen-bond donors (Lipinski definition) is 0. The molecule has 1 aliphatic carbocycles. The summed E-state index contributed by atoms with van der Waals surface area (Å²) < 4.78 is 11.0. The Kier molecular flexibility index (Phi) is 5.76. The molecule has 0 atom stereocenters. The zero-order chi connectivity index (χ0) is 21.1. The van der Waals surface area contributed by atoms with Crippen LogP contribution in [0.5, 0.6) is 0 Å². The van der Waals surface area contributed by atoms with Crippen LogP contribution in [0, 0.1) is 10.1 Å². The van der Waals surface area contributed by atoms with Gasteiger partial charge in [-0.3, -0.25) is 10.1 Å². The second-order valence-electron chi connectivity index (χ2n) is 6.85. The second-order valence-corrected chi connectivity index (χ2v) is 7.93. The molecule has 30 heavy (non-hydrogen) atoms. The SMILES string of the molecule is CCOC(=O)c1c(N=Cc2ccc(-c3ccccc3[N+](=O)[O-])o2)sc2c1CCCC2. The van der Waals surface area contributed by atoms with E-state index in [1.165, 1.54) is 28.5 Å². The summed E-state index contributed by atoms with van der Waals surface area (Å²) in [4.78, 5) is 29.1. The molecule has 0 saturated heterocycles. The molecule has 0 bridgehead atoms. The van der Waals surface area contributed by atoms with Gasteiger partial charge in [0.25, 0.3) is 5.69 Å². The number of aliphatic imine (C=N–C) groups is 1. The average molecular weight is 424 g/mol. The van der Waals surface area contributed by atoms with E-state index >= 15 is 0 Å². The number of carbonyl (C=O) groups is 1. The summed E-state index contributed by atoms with van der Waals surface area (Å²) in [6, 6.07) is 9.79. The number of rotatable bonds is 6. The number of ether oxygens (including phenoxy) is 1. The number of carbonyl (C=O) groups excluding carboxylic acids is 1. The Labute approximate surface area is 177 Å². The molecule has 0 aliphatic heterocycles. The van der Waals surface area contributed by atoms with Gasteiger partial charge in [0.2, 0.25) is 0 Å². The molecule has 0 amide bonds. The van der Waals surface area contributed by atoms with E-state index in [-0.39, 0.29) is 11.7 Å². The third-order valence-electron chi connectivity index (χ3n) is 4.93. The summed E-state index contributed by atoms with van der Waals surface area (Å²) in [5.74, 6) is 0.494. The molecule has 0 spiro atoms. The molecule has 8 heteroatoms. The van der Waals surface area contributed by atoms with Crippen molar-refractivity contribution >= 4 is 34.2 Å². The van der Waals surface area contributed by atoms with E-state index < -0.39 is 4.92 Å². The zero-order valence-electron chi connectivity index (χ0n) is 16.4. The number of nitro benzene ring substituents is 1. The number of fused-ring (bicyclic) bond motifs is 1. The molecule has 3 aromatic rings. The highest BCUT2D eigenvalue weighted by atomic mass is 32.1. The maximum absolute atomic E-state index is 12.5. The van der Waals surface area contributed by atoms with Crippen LogP contribution in [0.3, 0.4) is 0 Å². The largest absolute Gasteiger partial charge is 0.462 e. The standard InChI is InChI=1S/C22H20N2O5S/c1-2-28-22(25)20-16-8-4-6-10-19(16)30-21(20)23-13-14-11-12-18(29-14)15-7-3-5-9-17(15)24(26)27/h3,5,7,9,11-13H,2,4,6,8,10H2,1H3. The van der Waals surface area contributed by atoms with Crippen molar-refractivity contribution in [3.63, 3.8) is 0 Å². The number of hydrogen-bond acceptors (Lipinski definition) is 7. The summed E-state index contributed by atoms with van der Waals surface area (Å²) in [6.07, 6.45) is 5.51. The maximum Gasteiger partial charge on any atom is 0.341 e. The van der Waals surface area contributed by atoms with Gasteiger partial charge in [0.1, 0.15) is 16.5 Å². The topological polar surface area (TPSA) is 94.9 Å². The fourth-order valence-corrected chi connectivity index (χ4v) is 4.81. The van der Waals surface area contributed by atoms with Crippen LogP contribution in [-0.4, -0.2) is 23.7 Å². The van der Waals surface area contributed by atoms with Gasteiger partial charge < -0.3 is 9.15 Å². The van der Waals surface area contributed by atoms with Gasteiger partial charge in [-0.05, 0) is 56.4 Å². The quantitative estimate of drug-likeness (QED) is 0.218. The van der Waals surface area contributed by atoms with Crippen LogP contribution in [0.15, 0.2) is 45.8 Å². The van der Waals surface area contributed by atoms with Gasteiger partial charge in [-0.25, -0.2) is 9.79 Å². The molecule has 1 aliphatic rings. The summed E-state index contributed by atoms with van der Waals surface area (Å²) >= 11 is 1.52. The normalized spacial score (nSPS) is 13.4. The fraction of sp³-hybridized carbons (Fsp3) is 0.273. The first-order valence-electron chi connectivity index (χ1n) is 9.77. The third kappa shape index (κ3) is 3.91. The third-order valence-corrected chi connectivity index (χ3v) is 6.13. The number of benzene rings is 1. The van der Waals surface area contributed by atoms with E-state index in [1.807, 2.05) is 0 Å². The first-order chi connectivity index (χ1) is 14.6. The highest BCUT2D eigenvalue weighted by Gasteiger charge is 2.26. The Balaban J connectivity index is 1.65. The van der Waals surface area contributed by atoms with Gasteiger partial charge in [-0.1, -0.05) is 12.1 Å². The van der Waals surface area contributed by atoms with Crippen molar-refractivity contribution in [1.29, 1.82) is 0 Å². The summed E-state index contributed by atoms with van der Waals surface area (Å²) in [7, 11) is 0. The van der Waals surface area contributed by atoms with Gasteiger partial charge in [0.05, 0.1) is 28.9 Å². The van der Waals surface area contributed by atoms with E-state index in [9.17, 15) is 14.9 Å². The number of furan rings is 1. The molecule has 4 rings (SSSR count). The van der Waals surface area contributed by atoms with E-state index in [2.05, 4.69) is 4.99 Å². The van der Waals surface area contributed by atoms with Gasteiger partial charge in [0, 0.05) is 10.9 Å². The van der Waals surface area contributed by atoms with Crippen LogP contribution < -0.4 is 0 Å². The van der Waals surface area contributed by atoms with Crippen LogP contribution in [0.1, 0.15) is 46.3 Å². The van der Waals surface area contributed by atoms with Crippen LogP contribution >= 0.6 is 11.3 Å². The number of nitrogens with zero attached hydrogens (tertiary/aromatic N) is 2. The maximum atomic E-state index is 12.5. The molecule has 0 N–H and O–H groups in total. The minimum Gasteiger partial charge on any atom is -0.462 e. The number of thiophene rings is 1. The summed E-state index contributed by atoms with van der Waals surface area (Å²) in [6.45, 7) is 2.09. The molecule has 0 fully saturated rings. The average Bonchev–Trinajstić information content (AvgIpc) is 3.36. The number of para-hydroxylation sites is 1. The van der Waals surface area contributed by atoms with Gasteiger partial charge in [-0.15, -0.1) is 11.3 Å².